The number of rotatable bonds is 7. The van der Waals surface area contributed by atoms with Crippen LogP contribution in [0.2, 0.25) is 0 Å². The third-order valence-corrected chi connectivity index (χ3v) is 5.11. The molecule has 1 aromatic rings. The smallest absolute Gasteiger partial charge is 0.411 e. The van der Waals surface area contributed by atoms with Gasteiger partial charge in [-0.2, -0.15) is 0 Å². The molecule has 0 saturated heterocycles. The molecule has 1 aliphatic carbocycles. The standard InChI is InChI=1S/C20H29NO5/c1-14-5-6-16(11-19(14)21(13-22)20(23)25-4)15(2)12-26-18-9-7-17(24-3)8-10-18/h5,7-10,15-16,19,22H,6,11-13H2,1-4H3/t15-,16-,19-/m1/s1. The Labute approximate surface area is 155 Å². The molecule has 0 aliphatic heterocycles. The molecule has 0 bridgehead atoms. The van der Waals surface area contributed by atoms with Crippen molar-refractivity contribution in [2.45, 2.75) is 32.7 Å². The minimum atomic E-state index is -0.506. The quantitative estimate of drug-likeness (QED) is 0.594. The second-order valence-electron chi connectivity index (χ2n) is 6.74. The van der Waals surface area contributed by atoms with Gasteiger partial charge in [0.15, 0.2) is 0 Å². The van der Waals surface area contributed by atoms with Crippen molar-refractivity contribution in [1.82, 2.24) is 4.90 Å². The molecule has 0 aromatic heterocycles. The van der Waals surface area contributed by atoms with Crippen molar-refractivity contribution in [3.05, 3.63) is 35.9 Å². The molecule has 1 N–H and O–H groups in total. The van der Waals surface area contributed by atoms with Gasteiger partial charge in [-0.25, -0.2) is 4.79 Å². The average molecular weight is 363 g/mol. The van der Waals surface area contributed by atoms with E-state index in [1.807, 2.05) is 31.2 Å². The van der Waals surface area contributed by atoms with Crippen LogP contribution in [0, 0.1) is 11.8 Å². The van der Waals surface area contributed by atoms with Gasteiger partial charge in [0.1, 0.15) is 18.2 Å². The van der Waals surface area contributed by atoms with Gasteiger partial charge in [0.25, 0.3) is 0 Å². The van der Waals surface area contributed by atoms with Gasteiger partial charge >= 0.3 is 6.09 Å². The van der Waals surface area contributed by atoms with Crippen LogP contribution in [0.15, 0.2) is 35.9 Å². The van der Waals surface area contributed by atoms with Crippen molar-refractivity contribution in [2.75, 3.05) is 27.6 Å². The summed E-state index contributed by atoms with van der Waals surface area (Å²) < 4.78 is 15.8. The Kier molecular flexibility index (Phi) is 7.33. The van der Waals surface area contributed by atoms with Gasteiger partial charge in [0.05, 0.1) is 26.9 Å². The highest BCUT2D eigenvalue weighted by Gasteiger charge is 2.32. The van der Waals surface area contributed by atoms with Crippen LogP contribution >= 0.6 is 0 Å². The van der Waals surface area contributed by atoms with Gasteiger partial charge in [0.2, 0.25) is 0 Å². The topological polar surface area (TPSA) is 68.2 Å². The lowest BCUT2D eigenvalue weighted by atomic mass is 9.79. The van der Waals surface area contributed by atoms with Crippen LogP contribution in [-0.4, -0.2) is 49.7 Å². The predicted octanol–water partition coefficient (Wildman–Crippen LogP) is 3.45. The van der Waals surface area contributed by atoms with Gasteiger partial charge < -0.3 is 19.3 Å². The Bertz CT molecular complexity index is 613. The number of allylic oxidation sites excluding steroid dienone is 1. The molecular weight excluding hydrogens is 334 g/mol. The summed E-state index contributed by atoms with van der Waals surface area (Å²) in [6.45, 7) is 4.38. The van der Waals surface area contributed by atoms with Crippen LogP contribution in [0.25, 0.3) is 0 Å². The monoisotopic (exact) mass is 363 g/mol. The number of aliphatic hydroxyl groups is 1. The minimum absolute atomic E-state index is 0.144. The summed E-state index contributed by atoms with van der Waals surface area (Å²) in [7, 11) is 2.96. The molecule has 1 aliphatic rings. The van der Waals surface area contributed by atoms with Crippen LogP contribution < -0.4 is 9.47 Å². The molecule has 6 heteroatoms. The van der Waals surface area contributed by atoms with Crippen molar-refractivity contribution in [3.63, 3.8) is 0 Å². The molecular formula is C20H29NO5. The number of methoxy groups -OCH3 is 2. The number of benzene rings is 1. The van der Waals surface area contributed by atoms with E-state index in [4.69, 9.17) is 14.2 Å². The zero-order chi connectivity index (χ0) is 19.1. The van der Waals surface area contributed by atoms with E-state index in [2.05, 4.69) is 13.0 Å². The first-order chi connectivity index (χ1) is 12.5. The Balaban J connectivity index is 1.96. The van der Waals surface area contributed by atoms with Gasteiger partial charge in [0, 0.05) is 0 Å². The molecule has 1 amide bonds. The van der Waals surface area contributed by atoms with E-state index in [1.54, 1.807) is 7.11 Å². The average Bonchev–Trinajstić information content (AvgIpc) is 2.68. The zero-order valence-corrected chi connectivity index (χ0v) is 16.0. The van der Waals surface area contributed by atoms with Crippen molar-refractivity contribution < 1.29 is 24.1 Å². The van der Waals surface area contributed by atoms with Crippen molar-refractivity contribution in [2.24, 2.45) is 11.8 Å². The number of hydrogen-bond donors (Lipinski definition) is 1. The fraction of sp³-hybridized carbons (Fsp3) is 0.550. The first kappa shape index (κ1) is 20.1. The van der Waals surface area contributed by atoms with E-state index in [0.29, 0.717) is 18.4 Å². The molecule has 26 heavy (non-hydrogen) atoms. The van der Waals surface area contributed by atoms with Gasteiger partial charge in [-0.3, -0.25) is 4.90 Å². The SMILES string of the molecule is COC(=O)N(CO)[C@@H]1C[C@H]([C@H](C)COc2ccc(OC)cc2)CC=C1C. The molecule has 1 aromatic carbocycles. The van der Waals surface area contributed by atoms with Crippen LogP contribution in [0.4, 0.5) is 4.79 Å². The third kappa shape index (κ3) is 4.91. The van der Waals surface area contributed by atoms with E-state index >= 15 is 0 Å². The second kappa shape index (κ2) is 9.48. The molecule has 144 valence electrons. The molecule has 0 heterocycles. The molecule has 2 rings (SSSR count). The van der Waals surface area contributed by atoms with E-state index in [1.165, 1.54) is 12.0 Å². The van der Waals surface area contributed by atoms with Gasteiger partial charge in [-0.15, -0.1) is 0 Å². The normalized spacial score (nSPS) is 20.7. The molecule has 0 fully saturated rings. The lowest BCUT2D eigenvalue weighted by Crippen LogP contribution is -2.44. The zero-order valence-electron chi connectivity index (χ0n) is 16.0. The highest BCUT2D eigenvalue weighted by molar-refractivity contribution is 5.68. The number of carbonyl (C=O) groups excluding carboxylic acids is 1. The Morgan fingerprint density at radius 1 is 1.27 bits per heavy atom. The number of amides is 1. The highest BCUT2D eigenvalue weighted by atomic mass is 16.5. The fourth-order valence-corrected chi connectivity index (χ4v) is 3.32. The van der Waals surface area contributed by atoms with Crippen molar-refractivity contribution in [1.29, 1.82) is 0 Å². The summed E-state index contributed by atoms with van der Waals surface area (Å²) in [5, 5.41) is 9.58. The molecule has 0 spiro atoms. The first-order valence-electron chi connectivity index (χ1n) is 8.89. The van der Waals surface area contributed by atoms with Crippen LogP contribution in [0.5, 0.6) is 11.5 Å². The highest BCUT2D eigenvalue weighted by Crippen LogP contribution is 2.33. The number of nitrogens with zero attached hydrogens (tertiary/aromatic N) is 1. The van der Waals surface area contributed by atoms with E-state index < -0.39 is 6.09 Å². The summed E-state index contributed by atoms with van der Waals surface area (Å²) in [5.41, 5.74) is 1.09. The van der Waals surface area contributed by atoms with Gasteiger partial charge in [-0.05, 0) is 55.9 Å². The molecule has 0 radical (unpaired) electrons. The van der Waals surface area contributed by atoms with E-state index in [0.717, 1.165) is 29.9 Å². The number of aliphatic hydroxyl groups excluding tert-OH is 1. The van der Waals surface area contributed by atoms with Crippen molar-refractivity contribution >= 4 is 6.09 Å². The maximum Gasteiger partial charge on any atom is 0.411 e. The lowest BCUT2D eigenvalue weighted by molar-refractivity contribution is 0.0467. The molecule has 0 unspecified atom stereocenters. The van der Waals surface area contributed by atoms with Crippen LogP contribution in [0.1, 0.15) is 26.7 Å². The molecule has 0 saturated carbocycles. The Morgan fingerprint density at radius 2 is 1.92 bits per heavy atom. The fourth-order valence-electron chi connectivity index (χ4n) is 3.32. The minimum Gasteiger partial charge on any atom is -0.497 e. The Morgan fingerprint density at radius 3 is 2.50 bits per heavy atom. The summed E-state index contributed by atoms with van der Waals surface area (Å²) in [6, 6.07) is 7.39. The van der Waals surface area contributed by atoms with E-state index in [-0.39, 0.29) is 12.8 Å². The summed E-state index contributed by atoms with van der Waals surface area (Å²) in [5.74, 6) is 2.28. The lowest BCUT2D eigenvalue weighted by Gasteiger charge is -2.37. The molecule has 6 nitrogen and oxygen atoms in total. The maximum atomic E-state index is 11.9. The second-order valence-corrected chi connectivity index (χ2v) is 6.74. The maximum absolute atomic E-state index is 11.9. The predicted molar refractivity (Wildman–Crippen MR) is 99.3 cm³/mol. The first-order valence-corrected chi connectivity index (χ1v) is 8.89. The number of carbonyl (C=O) groups is 1. The molecule has 3 atom stereocenters. The Hall–Kier alpha value is -2.21. The van der Waals surface area contributed by atoms with Crippen LogP contribution in [-0.2, 0) is 4.74 Å². The van der Waals surface area contributed by atoms with Gasteiger partial charge in [-0.1, -0.05) is 18.6 Å². The number of ether oxygens (including phenoxy) is 3. The summed E-state index contributed by atoms with van der Waals surface area (Å²) in [4.78, 5) is 13.3. The summed E-state index contributed by atoms with van der Waals surface area (Å²) >= 11 is 0. The number of hydrogen-bond acceptors (Lipinski definition) is 5. The van der Waals surface area contributed by atoms with Crippen LogP contribution in [0.3, 0.4) is 0 Å². The van der Waals surface area contributed by atoms with E-state index in [9.17, 15) is 9.90 Å². The summed E-state index contributed by atoms with van der Waals surface area (Å²) in [6.07, 6.45) is 3.36. The van der Waals surface area contributed by atoms with Crippen molar-refractivity contribution in [3.8, 4) is 11.5 Å². The largest absolute Gasteiger partial charge is 0.497 e. The third-order valence-electron chi connectivity index (χ3n) is 5.11.